The highest BCUT2D eigenvalue weighted by molar-refractivity contribution is 7.98. The summed E-state index contributed by atoms with van der Waals surface area (Å²) in [6.07, 6.45) is 2.16. The van der Waals surface area contributed by atoms with Crippen LogP contribution in [-0.4, -0.2) is 44.1 Å². The van der Waals surface area contributed by atoms with Crippen molar-refractivity contribution in [3.8, 4) is 5.75 Å². The first-order valence-electron chi connectivity index (χ1n) is 9.31. The molecular weight excluding hydrogens is 442 g/mol. The van der Waals surface area contributed by atoms with Gasteiger partial charge in [-0.15, -0.1) is 0 Å². The number of carbonyl (C=O) groups excluding carboxylic acids is 1. The summed E-state index contributed by atoms with van der Waals surface area (Å²) in [7, 11) is -1.01. The van der Waals surface area contributed by atoms with Crippen LogP contribution in [0.25, 0.3) is 11.1 Å². The predicted molar refractivity (Wildman–Crippen MR) is 120 cm³/mol. The molecule has 9 nitrogen and oxygen atoms in total. The molecule has 0 aliphatic carbocycles. The Morgan fingerprint density at radius 2 is 2.03 bits per heavy atom. The minimum atomic E-state index is -4.05. The molecule has 166 valence electrons. The Morgan fingerprint density at radius 3 is 2.74 bits per heavy atom. The van der Waals surface area contributed by atoms with Gasteiger partial charge in [0.2, 0.25) is 15.9 Å². The molecule has 0 aliphatic heterocycles. The summed E-state index contributed by atoms with van der Waals surface area (Å²) in [6.45, 7) is 0. The smallest absolute Gasteiger partial charge is 0.419 e. The largest absolute Gasteiger partial charge is 0.497 e. The number of oxazole rings is 1. The van der Waals surface area contributed by atoms with Gasteiger partial charge in [-0.3, -0.25) is 9.36 Å². The molecule has 0 unspecified atom stereocenters. The molecule has 0 bridgehead atoms. The van der Waals surface area contributed by atoms with E-state index in [0.29, 0.717) is 29.1 Å². The fourth-order valence-corrected chi connectivity index (χ4v) is 4.66. The molecule has 0 saturated carbocycles. The lowest BCUT2D eigenvalue weighted by molar-refractivity contribution is -0.117. The summed E-state index contributed by atoms with van der Waals surface area (Å²) >= 11 is 1.50. The van der Waals surface area contributed by atoms with Crippen LogP contribution >= 0.6 is 11.8 Å². The Hall–Kier alpha value is -2.76. The van der Waals surface area contributed by atoms with Gasteiger partial charge in [0.25, 0.3) is 0 Å². The minimum Gasteiger partial charge on any atom is -0.497 e. The van der Waals surface area contributed by atoms with Crippen molar-refractivity contribution in [2.24, 2.45) is 7.05 Å². The van der Waals surface area contributed by atoms with Crippen LogP contribution in [0.1, 0.15) is 6.42 Å². The van der Waals surface area contributed by atoms with Crippen molar-refractivity contribution in [3.05, 3.63) is 53.0 Å². The number of anilines is 1. The maximum absolute atomic E-state index is 13.0. The van der Waals surface area contributed by atoms with E-state index in [2.05, 4.69) is 10.0 Å². The van der Waals surface area contributed by atoms with Gasteiger partial charge >= 0.3 is 5.76 Å². The third-order valence-corrected chi connectivity index (χ3v) is 6.75. The van der Waals surface area contributed by atoms with Crippen molar-refractivity contribution in [1.82, 2.24) is 9.29 Å². The summed E-state index contributed by atoms with van der Waals surface area (Å²) in [5.41, 5.74) is 1.11. The molecule has 0 fully saturated rings. The van der Waals surface area contributed by atoms with Gasteiger partial charge < -0.3 is 14.5 Å². The molecule has 0 aliphatic rings. The molecule has 2 N–H and O–H groups in total. The van der Waals surface area contributed by atoms with Gasteiger partial charge in [-0.2, -0.15) is 16.5 Å². The summed E-state index contributed by atoms with van der Waals surface area (Å²) < 4.78 is 39.9. The number of amides is 1. The molecule has 11 heteroatoms. The molecule has 0 spiro atoms. The number of nitrogens with one attached hydrogen (secondary N) is 2. The number of carbonyl (C=O) groups is 1. The standard InChI is InChI=1S/C20H23N3O6S2/c1-23-17-8-7-15(12-18(17)29-20(23)25)31(26,27)22-16(9-10-30-3)19(24)21-13-5-4-6-14(11-13)28-2/h4-8,11-12,16,22H,9-10H2,1-3H3,(H,21,24)/t16-/m1/s1. The van der Waals surface area contributed by atoms with E-state index in [4.69, 9.17) is 9.15 Å². The third kappa shape index (κ3) is 5.30. The Labute approximate surface area is 183 Å². The maximum atomic E-state index is 13.0. The molecule has 1 heterocycles. The normalized spacial score (nSPS) is 12.6. The zero-order chi connectivity index (χ0) is 22.6. The van der Waals surface area contributed by atoms with Gasteiger partial charge in [-0.1, -0.05) is 6.07 Å². The van der Waals surface area contributed by atoms with Crippen LogP contribution in [0.5, 0.6) is 5.75 Å². The number of aryl methyl sites for hydroxylation is 1. The number of methoxy groups -OCH3 is 1. The summed E-state index contributed by atoms with van der Waals surface area (Å²) in [6, 6.07) is 9.91. The Morgan fingerprint density at radius 1 is 1.26 bits per heavy atom. The van der Waals surface area contributed by atoms with Crippen molar-refractivity contribution >= 4 is 44.5 Å². The van der Waals surface area contributed by atoms with E-state index in [1.54, 1.807) is 24.3 Å². The first-order valence-corrected chi connectivity index (χ1v) is 12.2. The zero-order valence-electron chi connectivity index (χ0n) is 17.2. The summed E-state index contributed by atoms with van der Waals surface area (Å²) in [5.74, 6) is 0.0635. The van der Waals surface area contributed by atoms with Crippen LogP contribution in [0.2, 0.25) is 0 Å². The SMILES string of the molecule is COc1cccc(NC(=O)[C@@H](CCSC)NS(=O)(=O)c2ccc3c(c2)oc(=O)n3C)c1. The molecule has 2 aromatic carbocycles. The van der Waals surface area contributed by atoms with Crippen LogP contribution in [0.15, 0.2) is 56.6 Å². The van der Waals surface area contributed by atoms with Gasteiger partial charge in [-0.05, 0) is 42.7 Å². The fraction of sp³-hybridized carbons (Fsp3) is 0.300. The van der Waals surface area contributed by atoms with E-state index in [9.17, 15) is 18.0 Å². The Kier molecular flexibility index (Phi) is 7.08. The number of aromatic nitrogens is 1. The van der Waals surface area contributed by atoms with Crippen LogP contribution in [0.3, 0.4) is 0 Å². The van der Waals surface area contributed by atoms with Crippen molar-refractivity contribution in [3.63, 3.8) is 0 Å². The van der Waals surface area contributed by atoms with Crippen molar-refractivity contribution < 1.29 is 22.4 Å². The van der Waals surface area contributed by atoms with Gasteiger partial charge in [0.05, 0.1) is 17.5 Å². The van der Waals surface area contributed by atoms with E-state index < -0.39 is 27.7 Å². The number of ether oxygens (including phenoxy) is 1. The van der Waals surface area contributed by atoms with Crippen molar-refractivity contribution in [1.29, 1.82) is 0 Å². The van der Waals surface area contributed by atoms with E-state index >= 15 is 0 Å². The fourth-order valence-electron chi connectivity index (χ4n) is 2.95. The molecule has 3 aromatic rings. The van der Waals surface area contributed by atoms with E-state index in [0.717, 1.165) is 0 Å². The van der Waals surface area contributed by atoms with Gasteiger partial charge in [0, 0.05) is 24.9 Å². The van der Waals surface area contributed by atoms with Crippen LogP contribution in [0, 0.1) is 0 Å². The number of benzene rings is 2. The van der Waals surface area contributed by atoms with Gasteiger partial charge in [-0.25, -0.2) is 13.2 Å². The second kappa shape index (κ2) is 9.58. The predicted octanol–water partition coefficient (Wildman–Crippen LogP) is 2.18. The molecule has 1 atom stereocenters. The van der Waals surface area contributed by atoms with Crippen LogP contribution in [-0.2, 0) is 21.9 Å². The molecule has 1 amide bonds. The second-order valence-electron chi connectivity index (χ2n) is 6.73. The van der Waals surface area contributed by atoms with Crippen LogP contribution in [0.4, 0.5) is 5.69 Å². The number of fused-ring (bicyclic) bond motifs is 1. The zero-order valence-corrected chi connectivity index (χ0v) is 18.9. The monoisotopic (exact) mass is 465 g/mol. The summed E-state index contributed by atoms with van der Waals surface area (Å²) in [5, 5.41) is 2.72. The van der Waals surface area contributed by atoms with Crippen LogP contribution < -0.4 is 20.5 Å². The van der Waals surface area contributed by atoms with Crippen molar-refractivity contribution in [2.45, 2.75) is 17.4 Å². The molecule has 31 heavy (non-hydrogen) atoms. The highest BCUT2D eigenvalue weighted by Gasteiger charge is 2.26. The first kappa shape index (κ1) is 22.9. The lowest BCUT2D eigenvalue weighted by atomic mass is 10.2. The lowest BCUT2D eigenvalue weighted by Gasteiger charge is -2.18. The number of nitrogens with zero attached hydrogens (tertiary/aromatic N) is 1. The number of hydrogen-bond donors (Lipinski definition) is 2. The maximum Gasteiger partial charge on any atom is 0.419 e. The minimum absolute atomic E-state index is 0.0994. The van der Waals surface area contributed by atoms with E-state index in [1.807, 2.05) is 6.26 Å². The van der Waals surface area contributed by atoms with Gasteiger partial charge in [0.1, 0.15) is 11.8 Å². The number of hydrogen-bond acceptors (Lipinski definition) is 7. The topological polar surface area (TPSA) is 120 Å². The molecule has 1 aromatic heterocycles. The highest BCUT2D eigenvalue weighted by Crippen LogP contribution is 2.20. The quantitative estimate of drug-likeness (QED) is 0.497. The van der Waals surface area contributed by atoms with Crippen molar-refractivity contribution in [2.75, 3.05) is 24.4 Å². The van der Waals surface area contributed by atoms with E-state index in [-0.39, 0.29) is 10.5 Å². The average Bonchev–Trinajstić information content (AvgIpc) is 3.04. The Bertz CT molecular complexity index is 1250. The van der Waals surface area contributed by atoms with E-state index in [1.165, 1.54) is 48.7 Å². The molecule has 0 radical (unpaired) electrons. The third-order valence-electron chi connectivity index (χ3n) is 4.64. The summed E-state index contributed by atoms with van der Waals surface area (Å²) in [4.78, 5) is 24.4. The molecule has 3 rings (SSSR count). The first-order chi connectivity index (χ1) is 14.7. The average molecular weight is 466 g/mol. The van der Waals surface area contributed by atoms with Gasteiger partial charge in [0.15, 0.2) is 5.58 Å². The molecule has 0 saturated heterocycles. The number of rotatable bonds is 9. The Balaban J connectivity index is 1.84. The second-order valence-corrected chi connectivity index (χ2v) is 9.43. The number of thioether (sulfide) groups is 1. The number of sulfonamides is 1. The highest BCUT2D eigenvalue weighted by atomic mass is 32.2. The molecular formula is C20H23N3O6S2. The lowest BCUT2D eigenvalue weighted by Crippen LogP contribution is -2.44.